The molecule has 0 bridgehead atoms. The van der Waals surface area contributed by atoms with Crippen LogP contribution >= 0.6 is 0 Å². The van der Waals surface area contributed by atoms with E-state index in [1.165, 1.54) is 28.1 Å². The number of aliphatic hydroxyl groups is 2. The number of ether oxygens (including phenoxy) is 4. The zero-order valence-electron chi connectivity index (χ0n) is 31.3. The van der Waals surface area contributed by atoms with Crippen molar-refractivity contribution in [1.82, 2.24) is 31.1 Å². The zero-order valence-corrected chi connectivity index (χ0v) is 31.3. The highest BCUT2D eigenvalue weighted by Gasteiger charge is 2.74. The Morgan fingerprint density at radius 3 is 1.45 bits per heavy atom. The van der Waals surface area contributed by atoms with Gasteiger partial charge in [-0.15, -0.1) is 0 Å². The van der Waals surface area contributed by atoms with Crippen molar-refractivity contribution < 1.29 is 57.9 Å². The SMILES string of the molecule is CO[C@@]12[C@H](COC(N)=O)C3=C(C(=O)C(C)=C(NCC(O)CCC(O)CNC4=C(C)C(=O)C5=C(C4=O)[C@@H](COC(N)=O)[C@@]4(OC)[C@H]6N[C@H]6CN54)C3=O)N1C[C@@H]1N[C@@H]12. The number of ketones is 4. The van der Waals surface area contributed by atoms with Crippen molar-refractivity contribution in [3.05, 3.63) is 45.1 Å². The van der Waals surface area contributed by atoms with Gasteiger partial charge in [-0.2, -0.15) is 0 Å². The topological polar surface area (TPSA) is 306 Å². The number of allylic oxidation sites excluding steroid dienone is 4. The average molecular weight is 783 g/mol. The number of carbonyl (C=O) groups is 6. The van der Waals surface area contributed by atoms with E-state index in [0.717, 1.165) is 0 Å². The molecule has 0 spiro atoms. The quantitative estimate of drug-likeness (QED) is 0.0590. The second kappa shape index (κ2) is 13.4. The molecule has 0 aromatic rings. The Kier molecular flexibility index (Phi) is 9.08. The second-order valence-electron chi connectivity index (χ2n) is 15.5. The van der Waals surface area contributed by atoms with E-state index >= 15 is 0 Å². The molecule has 0 aromatic carbocycles. The first-order chi connectivity index (χ1) is 26.6. The van der Waals surface area contributed by atoms with Gasteiger partial charge in [0, 0.05) is 74.8 Å². The Morgan fingerprint density at radius 1 is 0.732 bits per heavy atom. The lowest BCUT2D eigenvalue weighted by molar-refractivity contribution is -0.137. The smallest absolute Gasteiger partial charge is 0.404 e. The first-order valence-electron chi connectivity index (χ1n) is 18.6. The van der Waals surface area contributed by atoms with Gasteiger partial charge < -0.3 is 71.7 Å². The molecule has 8 rings (SSSR count). The van der Waals surface area contributed by atoms with E-state index in [4.69, 9.17) is 30.4 Å². The fraction of sp³-hybridized carbons (Fsp3) is 0.611. The van der Waals surface area contributed by atoms with Crippen LogP contribution in [0.2, 0.25) is 0 Å². The molecular formula is C36H46N8O12. The Labute approximate surface area is 320 Å². The summed E-state index contributed by atoms with van der Waals surface area (Å²) in [5.41, 5.74) is 9.29. The average Bonchev–Trinajstić information content (AvgIpc) is 3.99. The number of nitrogens with zero attached hydrogens (tertiary/aromatic N) is 2. The zero-order chi connectivity index (χ0) is 40.2. The highest BCUT2D eigenvalue weighted by Crippen LogP contribution is 2.57. The summed E-state index contributed by atoms with van der Waals surface area (Å²) in [5, 5.41) is 34.3. The van der Waals surface area contributed by atoms with Gasteiger partial charge in [0.1, 0.15) is 13.2 Å². The van der Waals surface area contributed by atoms with Crippen LogP contribution in [0.25, 0.3) is 0 Å². The van der Waals surface area contributed by atoms with Gasteiger partial charge in [0.25, 0.3) is 0 Å². The molecule has 6 aliphatic heterocycles. The molecule has 20 nitrogen and oxygen atoms in total. The number of Topliss-reactive ketones (excluding diaryl/α,β-unsaturated/α-hetero) is 4. The van der Waals surface area contributed by atoms with Crippen molar-refractivity contribution in [2.24, 2.45) is 23.3 Å². The monoisotopic (exact) mass is 782 g/mol. The van der Waals surface area contributed by atoms with Crippen LogP contribution in [0.15, 0.2) is 45.1 Å². The number of hydrogen-bond donors (Lipinski definition) is 8. The fourth-order valence-electron chi connectivity index (χ4n) is 10.0. The number of nitrogens with one attached hydrogen (secondary N) is 4. The van der Waals surface area contributed by atoms with Crippen LogP contribution in [0.4, 0.5) is 9.59 Å². The van der Waals surface area contributed by atoms with Crippen LogP contribution in [0.5, 0.6) is 0 Å². The maximum Gasteiger partial charge on any atom is 0.404 e. The third-order valence-corrected chi connectivity index (χ3v) is 12.7. The van der Waals surface area contributed by atoms with Crippen molar-refractivity contribution in [3.63, 3.8) is 0 Å². The largest absolute Gasteiger partial charge is 0.449 e. The van der Waals surface area contributed by atoms with Crippen LogP contribution < -0.4 is 32.7 Å². The van der Waals surface area contributed by atoms with Crippen LogP contribution in [0, 0.1) is 11.8 Å². The minimum absolute atomic E-state index is 0.00135. The minimum atomic E-state index is -1.13. The van der Waals surface area contributed by atoms with Gasteiger partial charge in [0.15, 0.2) is 11.4 Å². The summed E-state index contributed by atoms with van der Waals surface area (Å²) in [6.07, 6.45) is -4.07. The predicted molar refractivity (Wildman–Crippen MR) is 189 cm³/mol. The number of nitrogens with two attached hydrogens (primary N) is 2. The third-order valence-electron chi connectivity index (χ3n) is 12.7. The van der Waals surface area contributed by atoms with Gasteiger partial charge in [0.2, 0.25) is 23.1 Å². The number of primary amides is 2. The number of rotatable bonds is 15. The van der Waals surface area contributed by atoms with Crippen LogP contribution in [0.3, 0.4) is 0 Å². The first-order valence-corrected chi connectivity index (χ1v) is 18.6. The molecule has 10 atom stereocenters. The van der Waals surface area contributed by atoms with E-state index in [1.54, 1.807) is 9.80 Å². The molecule has 6 heterocycles. The minimum Gasteiger partial charge on any atom is -0.449 e. The molecule has 56 heavy (non-hydrogen) atoms. The van der Waals surface area contributed by atoms with Gasteiger partial charge in [-0.05, 0) is 26.7 Å². The predicted octanol–water partition coefficient (Wildman–Crippen LogP) is -3.52. The molecular weight excluding hydrogens is 736 g/mol. The number of piperazine rings is 2. The molecule has 302 valence electrons. The van der Waals surface area contributed by atoms with Gasteiger partial charge in [-0.1, -0.05) is 0 Å². The van der Waals surface area contributed by atoms with Gasteiger partial charge >= 0.3 is 12.2 Å². The standard InChI is InChI=1S/C36H46N8O12/c1-13-23(29(49)21-17(11-55-33(37)51)35(53-3)31-19(41-31)9-43(35)25(21)27(13)47)39-7-15(45)5-6-16(46)8-40-24-14(2)28(48)26-22(30(24)50)18(12-56-34(38)52)36(54-4)32-20(42-32)10-44(26)36/h15-20,31-32,39-42,45-46H,5-12H2,1-4H3,(H2,37,51)(H2,38,52)/t15?,16?,17-,18-,19+,20+,31+,32+,35-,36-/m1/s1. The highest BCUT2D eigenvalue weighted by molar-refractivity contribution is 6.26. The van der Waals surface area contributed by atoms with Crippen molar-refractivity contribution in [2.75, 3.05) is 53.6 Å². The fourth-order valence-corrected chi connectivity index (χ4v) is 10.0. The van der Waals surface area contributed by atoms with Crippen LogP contribution in [-0.2, 0) is 38.1 Å². The number of amides is 2. The third kappa shape index (κ3) is 5.33. The van der Waals surface area contributed by atoms with Gasteiger partial charge in [0.05, 0.1) is 58.9 Å². The molecule has 4 fully saturated rings. The summed E-state index contributed by atoms with van der Waals surface area (Å²) in [4.78, 5) is 82.4. The molecule has 0 aromatic heterocycles. The Morgan fingerprint density at radius 2 is 1.11 bits per heavy atom. The molecule has 2 aliphatic carbocycles. The van der Waals surface area contributed by atoms with Crippen molar-refractivity contribution >= 4 is 35.3 Å². The van der Waals surface area contributed by atoms with Gasteiger partial charge in [-0.3, -0.25) is 19.2 Å². The first kappa shape index (κ1) is 38.0. The van der Waals surface area contributed by atoms with E-state index in [-0.39, 0.29) is 120 Å². The highest BCUT2D eigenvalue weighted by atomic mass is 16.6. The summed E-state index contributed by atoms with van der Waals surface area (Å²) in [6.45, 7) is 3.05. The van der Waals surface area contributed by atoms with E-state index < -0.39 is 59.2 Å². The lowest BCUT2D eigenvalue weighted by atomic mass is 9.82. The lowest BCUT2D eigenvalue weighted by Gasteiger charge is -2.39. The number of hydrogen-bond acceptors (Lipinski definition) is 18. The molecule has 2 unspecified atom stereocenters. The summed E-state index contributed by atoms with van der Waals surface area (Å²) >= 11 is 0. The number of fused-ring (bicyclic) bond motifs is 8. The van der Waals surface area contributed by atoms with Crippen molar-refractivity contribution in [1.29, 1.82) is 0 Å². The Bertz CT molecular complexity index is 1840. The summed E-state index contributed by atoms with van der Waals surface area (Å²) in [6, 6.07) is -0.306. The maximum atomic E-state index is 14.0. The van der Waals surface area contributed by atoms with E-state index in [2.05, 4.69) is 21.3 Å². The molecule has 4 saturated heterocycles. The number of aliphatic hydroxyl groups excluding tert-OH is 2. The molecule has 0 saturated carbocycles. The van der Waals surface area contributed by atoms with Gasteiger partial charge in [-0.25, -0.2) is 9.59 Å². The Balaban J connectivity index is 0.889. The number of carbonyl (C=O) groups excluding carboxylic acids is 6. The number of methoxy groups -OCH3 is 2. The molecule has 0 radical (unpaired) electrons. The molecule has 2 amide bonds. The van der Waals surface area contributed by atoms with E-state index in [0.29, 0.717) is 13.1 Å². The lowest BCUT2D eigenvalue weighted by Crippen LogP contribution is -2.55. The van der Waals surface area contributed by atoms with Crippen molar-refractivity contribution in [2.45, 2.75) is 74.5 Å². The van der Waals surface area contributed by atoms with Crippen LogP contribution in [-0.4, -0.2) is 157 Å². The van der Waals surface area contributed by atoms with Crippen molar-refractivity contribution in [3.8, 4) is 0 Å². The molecule has 20 heteroatoms. The maximum absolute atomic E-state index is 14.0. The molecule has 10 N–H and O–H groups in total. The normalized spacial score (nSPS) is 34.6. The summed E-state index contributed by atoms with van der Waals surface area (Å²) in [5.74, 6) is -3.38. The van der Waals surface area contributed by atoms with Crippen LogP contribution in [0.1, 0.15) is 26.7 Å². The van der Waals surface area contributed by atoms with E-state index in [9.17, 15) is 39.0 Å². The summed E-state index contributed by atoms with van der Waals surface area (Å²) < 4.78 is 22.3. The second-order valence-corrected chi connectivity index (χ2v) is 15.5. The van der Waals surface area contributed by atoms with E-state index in [1.807, 2.05) is 0 Å². The Hall–Kier alpha value is -4.86. The molecule has 8 aliphatic rings. The summed E-state index contributed by atoms with van der Waals surface area (Å²) in [7, 11) is 2.96.